The normalized spacial score (nSPS) is 14.6. The predicted molar refractivity (Wildman–Crippen MR) is 142 cm³/mol. The summed E-state index contributed by atoms with van der Waals surface area (Å²) in [7, 11) is 1.80. The van der Waals surface area contributed by atoms with E-state index in [0.29, 0.717) is 31.5 Å². The molecule has 1 amide bonds. The lowest BCUT2D eigenvalue weighted by Gasteiger charge is -2.28. The smallest absolute Gasteiger partial charge is 0.265 e. The topological polar surface area (TPSA) is 151 Å². The highest BCUT2D eigenvalue weighted by atomic mass is 32.1. The lowest BCUT2D eigenvalue weighted by atomic mass is 10.1. The maximum Gasteiger partial charge on any atom is 0.265 e. The van der Waals surface area contributed by atoms with Gasteiger partial charge in [0.25, 0.3) is 11.5 Å². The molecule has 37 heavy (non-hydrogen) atoms. The van der Waals surface area contributed by atoms with Crippen molar-refractivity contribution in [1.29, 1.82) is 0 Å². The first kappa shape index (κ1) is 24.8. The first-order valence-corrected chi connectivity index (χ1v) is 12.6. The number of thiophene rings is 1. The average Bonchev–Trinajstić information content (AvgIpc) is 3.30. The Balaban J connectivity index is 1.52. The lowest BCUT2D eigenvalue weighted by Crippen LogP contribution is -2.36. The molecule has 192 valence electrons. The number of ether oxygens (including phenoxy) is 1. The number of aromatic amines is 1. The molecule has 0 saturated carbocycles. The van der Waals surface area contributed by atoms with Crippen LogP contribution in [-0.4, -0.2) is 64.3 Å². The number of carbonyl (C=O) groups is 1. The Hall–Kier alpha value is -3.87. The van der Waals surface area contributed by atoms with Gasteiger partial charge < -0.3 is 25.4 Å². The number of nitrogens with two attached hydrogens (primary N) is 1. The van der Waals surface area contributed by atoms with Gasteiger partial charge >= 0.3 is 0 Å². The highest BCUT2D eigenvalue weighted by Gasteiger charge is 2.21. The third-order valence-electron chi connectivity index (χ3n) is 6.15. The second kappa shape index (κ2) is 10.2. The number of H-pyrrole nitrogens is 1. The fraction of sp³-hybridized carbons (Fsp3) is 0.320. The van der Waals surface area contributed by atoms with E-state index in [-0.39, 0.29) is 5.56 Å². The Morgan fingerprint density at radius 1 is 1.30 bits per heavy atom. The fourth-order valence-corrected chi connectivity index (χ4v) is 5.33. The van der Waals surface area contributed by atoms with Gasteiger partial charge in [0.05, 0.1) is 36.1 Å². The second-order valence-electron chi connectivity index (χ2n) is 8.87. The number of aromatic nitrogens is 4. The monoisotopic (exact) mass is 521 g/mol. The maximum absolute atomic E-state index is 12.2. The van der Waals surface area contributed by atoms with Crippen LogP contribution >= 0.6 is 11.3 Å². The van der Waals surface area contributed by atoms with Crippen molar-refractivity contribution in [3.8, 4) is 11.4 Å². The molecule has 3 aromatic heterocycles. The minimum atomic E-state index is -0.823. The third-order valence-corrected chi connectivity index (χ3v) is 7.25. The summed E-state index contributed by atoms with van der Waals surface area (Å²) in [5, 5.41) is 10.0. The Morgan fingerprint density at radius 3 is 2.78 bits per heavy atom. The number of fused-ring (bicyclic) bond motifs is 1. The first-order chi connectivity index (χ1) is 17.8. The summed E-state index contributed by atoms with van der Waals surface area (Å²) in [4.78, 5) is 45.1. The Morgan fingerprint density at radius 2 is 2.08 bits per heavy atom. The molecule has 0 aliphatic carbocycles. The molecular weight excluding hydrogens is 494 g/mol. The standard InChI is InChI=1S/C25H27N7O4S/c1-14(33)15-4-3-5-16(10-15)22-28-19-11-17(37-20(19)23(29-22)32-6-8-36-9-7-32)13-31(2)25-27-12-18(21(26)34)24(35)30-25/h3-5,10-12,14,33H,6-9,13H2,1-2H3,(H2,26,34)(H,27,30,35). The van der Waals surface area contributed by atoms with E-state index in [9.17, 15) is 14.7 Å². The predicted octanol–water partition coefficient (Wildman–Crippen LogP) is 2.07. The van der Waals surface area contributed by atoms with E-state index < -0.39 is 17.6 Å². The highest BCUT2D eigenvalue weighted by molar-refractivity contribution is 7.19. The van der Waals surface area contributed by atoms with Crippen molar-refractivity contribution in [3.05, 3.63) is 62.9 Å². The van der Waals surface area contributed by atoms with Crippen molar-refractivity contribution < 1.29 is 14.6 Å². The molecule has 1 aliphatic heterocycles. The molecule has 0 bridgehead atoms. The Kier molecular flexibility index (Phi) is 6.87. The summed E-state index contributed by atoms with van der Waals surface area (Å²) < 4.78 is 6.51. The molecular formula is C25H27N7O4S. The van der Waals surface area contributed by atoms with E-state index in [2.05, 4.69) is 14.9 Å². The zero-order valence-electron chi connectivity index (χ0n) is 20.5. The number of benzene rings is 1. The summed E-state index contributed by atoms with van der Waals surface area (Å²) in [6.07, 6.45) is 0.593. The largest absolute Gasteiger partial charge is 0.389 e. The summed E-state index contributed by atoms with van der Waals surface area (Å²) in [6.45, 7) is 4.88. The van der Waals surface area contributed by atoms with E-state index in [4.69, 9.17) is 20.4 Å². The van der Waals surface area contributed by atoms with Gasteiger partial charge in [0, 0.05) is 36.8 Å². The maximum atomic E-state index is 12.2. The van der Waals surface area contributed by atoms with Crippen LogP contribution in [0.1, 0.15) is 33.8 Å². The quantitative estimate of drug-likeness (QED) is 0.332. The summed E-state index contributed by atoms with van der Waals surface area (Å²) >= 11 is 1.58. The molecule has 0 radical (unpaired) electrons. The number of hydrogen-bond acceptors (Lipinski definition) is 10. The van der Waals surface area contributed by atoms with E-state index in [0.717, 1.165) is 45.1 Å². The van der Waals surface area contributed by atoms with Crippen LogP contribution in [0.4, 0.5) is 11.8 Å². The van der Waals surface area contributed by atoms with Crippen molar-refractivity contribution in [1.82, 2.24) is 19.9 Å². The van der Waals surface area contributed by atoms with E-state index in [1.807, 2.05) is 30.3 Å². The number of nitrogens with one attached hydrogen (secondary N) is 1. The Bertz CT molecular complexity index is 1510. The van der Waals surface area contributed by atoms with Crippen molar-refractivity contribution >= 4 is 39.2 Å². The number of morpholine rings is 1. The molecule has 1 fully saturated rings. The SMILES string of the molecule is CC(O)c1cccc(-c2nc(N3CCOCC3)c3sc(CN(C)c4ncc(C(N)=O)c(=O)[nH]4)cc3n2)c1. The molecule has 1 aliphatic rings. The van der Waals surface area contributed by atoms with Crippen LogP contribution in [0.5, 0.6) is 0 Å². The van der Waals surface area contributed by atoms with Gasteiger partial charge in [0.15, 0.2) is 11.6 Å². The van der Waals surface area contributed by atoms with Gasteiger partial charge in [-0.05, 0) is 24.6 Å². The number of carbonyl (C=O) groups excluding carboxylic acids is 1. The van der Waals surface area contributed by atoms with Gasteiger partial charge in [-0.2, -0.15) is 0 Å². The molecule has 0 spiro atoms. The first-order valence-electron chi connectivity index (χ1n) is 11.8. The number of aliphatic hydroxyl groups is 1. The molecule has 1 unspecified atom stereocenters. The van der Waals surface area contributed by atoms with E-state index in [1.54, 1.807) is 30.2 Å². The number of aliphatic hydroxyl groups excluding tert-OH is 1. The van der Waals surface area contributed by atoms with Crippen LogP contribution in [0.3, 0.4) is 0 Å². The Labute approximate surface area is 216 Å². The van der Waals surface area contributed by atoms with Crippen molar-refractivity contribution in [2.24, 2.45) is 5.73 Å². The summed E-state index contributed by atoms with van der Waals surface area (Å²) in [5.41, 5.74) is 6.89. The van der Waals surface area contributed by atoms with E-state index in [1.165, 1.54) is 6.20 Å². The number of anilines is 2. The number of rotatable bonds is 7. The molecule has 1 aromatic carbocycles. The molecule has 1 atom stereocenters. The van der Waals surface area contributed by atoms with Crippen molar-refractivity contribution in [3.63, 3.8) is 0 Å². The van der Waals surface area contributed by atoms with Gasteiger partial charge in [-0.15, -0.1) is 11.3 Å². The van der Waals surface area contributed by atoms with Gasteiger partial charge in [0.2, 0.25) is 5.95 Å². The second-order valence-corrected chi connectivity index (χ2v) is 10.0. The van der Waals surface area contributed by atoms with Crippen LogP contribution < -0.4 is 21.1 Å². The molecule has 11 nitrogen and oxygen atoms in total. The summed E-state index contributed by atoms with van der Waals surface area (Å²) in [6, 6.07) is 9.63. The zero-order valence-corrected chi connectivity index (χ0v) is 21.3. The molecule has 1 saturated heterocycles. The molecule has 4 heterocycles. The number of hydrogen-bond donors (Lipinski definition) is 3. The van der Waals surface area contributed by atoms with Gasteiger partial charge in [-0.1, -0.05) is 18.2 Å². The molecule has 4 N–H and O–H groups in total. The lowest BCUT2D eigenvalue weighted by molar-refractivity contribution is 0.0998. The van der Waals surface area contributed by atoms with Crippen LogP contribution in [0.2, 0.25) is 0 Å². The number of primary amides is 1. The highest BCUT2D eigenvalue weighted by Crippen LogP contribution is 2.35. The molecule has 4 aromatic rings. The number of amides is 1. The minimum Gasteiger partial charge on any atom is -0.389 e. The zero-order chi connectivity index (χ0) is 26.1. The van der Waals surface area contributed by atoms with Gasteiger partial charge in [-0.3, -0.25) is 14.6 Å². The fourth-order valence-electron chi connectivity index (χ4n) is 4.16. The van der Waals surface area contributed by atoms with Gasteiger partial charge in [0.1, 0.15) is 5.56 Å². The number of nitrogens with zero attached hydrogens (tertiary/aromatic N) is 5. The third kappa shape index (κ3) is 5.17. The minimum absolute atomic E-state index is 0.184. The van der Waals surface area contributed by atoms with Crippen LogP contribution in [0, 0.1) is 0 Å². The average molecular weight is 522 g/mol. The summed E-state index contributed by atoms with van der Waals surface area (Å²) in [5.74, 6) is 0.934. The van der Waals surface area contributed by atoms with Crippen molar-refractivity contribution in [2.75, 3.05) is 43.2 Å². The molecule has 5 rings (SSSR count). The van der Waals surface area contributed by atoms with Gasteiger partial charge in [-0.25, -0.2) is 15.0 Å². The van der Waals surface area contributed by atoms with Crippen LogP contribution in [0.25, 0.3) is 21.6 Å². The van der Waals surface area contributed by atoms with Crippen molar-refractivity contribution in [2.45, 2.75) is 19.6 Å². The van der Waals surface area contributed by atoms with E-state index >= 15 is 0 Å². The van der Waals surface area contributed by atoms with Crippen LogP contribution in [0.15, 0.2) is 41.3 Å². The molecule has 12 heteroatoms. The van der Waals surface area contributed by atoms with Crippen LogP contribution in [-0.2, 0) is 11.3 Å².